The molecule has 0 spiro atoms. The largest absolute Gasteiger partial charge is 0.210 e. The average Bonchev–Trinajstić information content (AvgIpc) is 2.56. The second kappa shape index (κ2) is 3.92. The van der Waals surface area contributed by atoms with E-state index in [1.807, 2.05) is 6.07 Å². The van der Waals surface area contributed by atoms with Crippen molar-refractivity contribution < 1.29 is 0 Å². The van der Waals surface area contributed by atoms with Gasteiger partial charge in [-0.25, -0.2) is 4.98 Å². The summed E-state index contributed by atoms with van der Waals surface area (Å²) in [7, 11) is 0. The average molecular weight is 211 g/mol. The molecule has 0 unspecified atom stereocenters. The molecule has 2 aromatic rings. The summed E-state index contributed by atoms with van der Waals surface area (Å²) < 4.78 is 1.48. The number of fused-ring (bicyclic) bond motifs is 1. The van der Waals surface area contributed by atoms with Crippen LogP contribution in [0.25, 0.3) is 5.65 Å². The lowest BCUT2D eigenvalue weighted by Gasteiger charge is -1.89. The fourth-order valence-corrected chi connectivity index (χ4v) is 1.38. The summed E-state index contributed by atoms with van der Waals surface area (Å²) in [4.78, 5) is 4.32. The molecule has 2 heterocycles. The number of hydrogen-bond acceptors (Lipinski definition) is 3. The fourth-order valence-electron chi connectivity index (χ4n) is 1.25. The van der Waals surface area contributed by atoms with Crippen molar-refractivity contribution in [2.24, 2.45) is 0 Å². The van der Waals surface area contributed by atoms with E-state index in [-0.39, 0.29) is 0 Å². The summed E-state index contributed by atoms with van der Waals surface area (Å²) in [6.45, 7) is 2.14. The number of aryl methyl sites for hydroxylation is 1. The first-order valence-corrected chi connectivity index (χ1v) is 5.06. The first-order valence-electron chi connectivity index (χ1n) is 4.68. The highest BCUT2D eigenvalue weighted by Gasteiger charge is 2.03. The van der Waals surface area contributed by atoms with Crippen LogP contribution in [-0.4, -0.2) is 19.8 Å². The summed E-state index contributed by atoms with van der Waals surface area (Å²) in [6.07, 6.45) is 3.14. The van der Waals surface area contributed by atoms with E-state index in [0.29, 0.717) is 5.15 Å². The highest BCUT2D eigenvalue weighted by molar-refractivity contribution is 6.29. The summed E-state index contributed by atoms with van der Waals surface area (Å²) in [5, 5.41) is 8.67. The Bertz CT molecular complexity index is 437. The van der Waals surface area contributed by atoms with Crippen LogP contribution in [0.3, 0.4) is 0 Å². The van der Waals surface area contributed by atoms with Crippen LogP contribution in [0.15, 0.2) is 12.1 Å². The van der Waals surface area contributed by atoms with E-state index in [0.717, 1.165) is 30.7 Å². The van der Waals surface area contributed by atoms with Gasteiger partial charge in [0.05, 0.1) is 0 Å². The van der Waals surface area contributed by atoms with E-state index in [2.05, 4.69) is 22.1 Å². The van der Waals surface area contributed by atoms with Gasteiger partial charge in [-0.05, 0) is 18.6 Å². The standard InChI is InChI=1S/C9H11ClN4/c1-2-3-4-8-11-9-6-5-7(10)12-14(9)13-8/h5-6H,2-4H2,1H3. The second-order valence-electron chi connectivity index (χ2n) is 3.14. The molecule has 2 rings (SSSR count). The van der Waals surface area contributed by atoms with E-state index in [4.69, 9.17) is 11.6 Å². The van der Waals surface area contributed by atoms with Crippen LogP contribution in [0.5, 0.6) is 0 Å². The molecular formula is C9H11ClN4. The van der Waals surface area contributed by atoms with Crippen molar-refractivity contribution in [1.82, 2.24) is 19.8 Å². The predicted molar refractivity (Wildman–Crippen MR) is 54.4 cm³/mol. The summed E-state index contributed by atoms with van der Waals surface area (Å²) in [5.41, 5.74) is 0.750. The highest BCUT2D eigenvalue weighted by atomic mass is 35.5. The third-order valence-electron chi connectivity index (χ3n) is 1.97. The van der Waals surface area contributed by atoms with E-state index < -0.39 is 0 Å². The molecule has 0 bridgehead atoms. The normalized spacial score (nSPS) is 11.0. The monoisotopic (exact) mass is 210 g/mol. The minimum absolute atomic E-state index is 0.435. The number of nitrogens with zero attached hydrogens (tertiary/aromatic N) is 4. The molecular weight excluding hydrogens is 200 g/mol. The number of rotatable bonds is 3. The third-order valence-corrected chi connectivity index (χ3v) is 2.17. The zero-order chi connectivity index (χ0) is 9.97. The van der Waals surface area contributed by atoms with Gasteiger partial charge in [0.25, 0.3) is 0 Å². The maximum atomic E-state index is 5.73. The van der Waals surface area contributed by atoms with Crippen LogP contribution in [0.4, 0.5) is 0 Å². The number of halogens is 1. The molecule has 0 N–H and O–H groups in total. The maximum Gasteiger partial charge on any atom is 0.176 e. The first-order chi connectivity index (χ1) is 6.79. The Morgan fingerprint density at radius 2 is 2.21 bits per heavy atom. The van der Waals surface area contributed by atoms with Crippen molar-refractivity contribution in [1.29, 1.82) is 0 Å². The number of aromatic nitrogens is 4. The van der Waals surface area contributed by atoms with Crippen LogP contribution in [-0.2, 0) is 6.42 Å². The lowest BCUT2D eigenvalue weighted by atomic mass is 10.2. The molecule has 0 radical (unpaired) electrons. The number of hydrogen-bond donors (Lipinski definition) is 0. The third kappa shape index (κ3) is 1.85. The van der Waals surface area contributed by atoms with Gasteiger partial charge >= 0.3 is 0 Å². The van der Waals surface area contributed by atoms with Gasteiger partial charge in [-0.3, -0.25) is 0 Å². The van der Waals surface area contributed by atoms with Crippen molar-refractivity contribution >= 4 is 17.2 Å². The van der Waals surface area contributed by atoms with Crippen molar-refractivity contribution in [3.63, 3.8) is 0 Å². The van der Waals surface area contributed by atoms with Crippen LogP contribution in [0, 0.1) is 0 Å². The highest BCUT2D eigenvalue weighted by Crippen LogP contribution is 2.07. The predicted octanol–water partition coefficient (Wildman–Crippen LogP) is 2.12. The van der Waals surface area contributed by atoms with E-state index in [1.165, 1.54) is 4.63 Å². The van der Waals surface area contributed by atoms with Gasteiger partial charge in [-0.2, -0.15) is 0 Å². The smallest absolute Gasteiger partial charge is 0.176 e. The van der Waals surface area contributed by atoms with Gasteiger partial charge < -0.3 is 0 Å². The topological polar surface area (TPSA) is 43.1 Å². The minimum Gasteiger partial charge on any atom is -0.210 e. The molecule has 0 amide bonds. The van der Waals surface area contributed by atoms with E-state index in [1.54, 1.807) is 6.07 Å². The van der Waals surface area contributed by atoms with Crippen LogP contribution in [0.2, 0.25) is 5.15 Å². The molecule has 74 valence electrons. The molecule has 14 heavy (non-hydrogen) atoms. The van der Waals surface area contributed by atoms with Crippen molar-refractivity contribution in [2.45, 2.75) is 26.2 Å². The zero-order valence-corrected chi connectivity index (χ0v) is 8.70. The summed E-state index contributed by atoms with van der Waals surface area (Å²) >= 11 is 5.73. The SMILES string of the molecule is CCCCc1nc2ccc(Cl)nn2n1. The first kappa shape index (κ1) is 9.40. The lowest BCUT2D eigenvalue weighted by Crippen LogP contribution is -1.94. The van der Waals surface area contributed by atoms with Crippen LogP contribution in [0.1, 0.15) is 25.6 Å². The Labute approximate surface area is 86.9 Å². The molecule has 2 aromatic heterocycles. The van der Waals surface area contributed by atoms with Crippen molar-refractivity contribution in [3.8, 4) is 0 Å². The molecule has 0 saturated heterocycles. The Hall–Kier alpha value is -1.16. The van der Waals surface area contributed by atoms with Crippen molar-refractivity contribution in [3.05, 3.63) is 23.1 Å². The molecule has 0 atom stereocenters. The summed E-state index contributed by atoms with van der Waals surface area (Å²) in [5.74, 6) is 0.835. The molecule has 0 aliphatic heterocycles. The second-order valence-corrected chi connectivity index (χ2v) is 3.52. The molecule has 0 aromatic carbocycles. The Kier molecular flexibility index (Phi) is 2.63. The quantitative estimate of drug-likeness (QED) is 0.780. The zero-order valence-electron chi connectivity index (χ0n) is 7.94. The van der Waals surface area contributed by atoms with Gasteiger partial charge in [-0.1, -0.05) is 24.9 Å². The van der Waals surface area contributed by atoms with Gasteiger partial charge in [0.15, 0.2) is 16.6 Å². The Morgan fingerprint density at radius 3 is 3.00 bits per heavy atom. The molecule has 0 saturated carbocycles. The minimum atomic E-state index is 0.435. The number of unbranched alkanes of at least 4 members (excludes halogenated alkanes) is 1. The van der Waals surface area contributed by atoms with Crippen LogP contribution >= 0.6 is 11.6 Å². The summed E-state index contributed by atoms with van der Waals surface area (Å²) in [6, 6.07) is 3.53. The maximum absolute atomic E-state index is 5.73. The molecule has 0 fully saturated rings. The Balaban J connectivity index is 2.32. The van der Waals surface area contributed by atoms with Crippen LogP contribution < -0.4 is 0 Å². The Morgan fingerprint density at radius 1 is 1.36 bits per heavy atom. The van der Waals surface area contributed by atoms with Gasteiger partial charge in [0.1, 0.15) is 0 Å². The molecule has 0 aliphatic rings. The van der Waals surface area contributed by atoms with Crippen molar-refractivity contribution in [2.75, 3.05) is 0 Å². The van der Waals surface area contributed by atoms with Gasteiger partial charge in [0, 0.05) is 6.42 Å². The van der Waals surface area contributed by atoms with E-state index >= 15 is 0 Å². The van der Waals surface area contributed by atoms with E-state index in [9.17, 15) is 0 Å². The molecule has 5 heteroatoms. The van der Waals surface area contributed by atoms with Gasteiger partial charge in [0.2, 0.25) is 0 Å². The fraction of sp³-hybridized carbons (Fsp3) is 0.444. The molecule has 0 aliphatic carbocycles. The van der Waals surface area contributed by atoms with Gasteiger partial charge in [-0.15, -0.1) is 14.8 Å². The lowest BCUT2D eigenvalue weighted by molar-refractivity contribution is 0.722. The molecule has 4 nitrogen and oxygen atoms in total.